The van der Waals surface area contributed by atoms with Crippen molar-refractivity contribution in [3.63, 3.8) is 0 Å². The standard InChI is InChI=1S/C16H8BrF3O3/c17-12-6-5-8(23-16(18,19)20)7-11(12)13-14(21)9-3-1-2-4-10(9)15(13)22/h1-7,13H. The molecule has 0 N–H and O–H groups in total. The predicted octanol–water partition coefficient (Wildman–Crippen LogP) is 4.51. The van der Waals surface area contributed by atoms with Gasteiger partial charge in [-0.05, 0) is 23.8 Å². The van der Waals surface area contributed by atoms with Gasteiger partial charge in [0.05, 0.1) is 0 Å². The monoisotopic (exact) mass is 384 g/mol. The Bertz CT molecular complexity index is 779. The van der Waals surface area contributed by atoms with Gasteiger partial charge in [0.2, 0.25) is 0 Å². The summed E-state index contributed by atoms with van der Waals surface area (Å²) in [5.41, 5.74) is 0.700. The van der Waals surface area contributed by atoms with Crippen molar-refractivity contribution in [1.82, 2.24) is 0 Å². The molecule has 0 fully saturated rings. The molecule has 0 aliphatic heterocycles. The van der Waals surface area contributed by atoms with Crippen molar-refractivity contribution in [3.05, 3.63) is 63.6 Å². The topological polar surface area (TPSA) is 43.4 Å². The molecule has 0 spiro atoms. The van der Waals surface area contributed by atoms with Crippen molar-refractivity contribution >= 4 is 27.5 Å². The second kappa shape index (κ2) is 5.49. The Balaban J connectivity index is 2.04. The van der Waals surface area contributed by atoms with Crippen molar-refractivity contribution in [2.75, 3.05) is 0 Å². The van der Waals surface area contributed by atoms with E-state index >= 15 is 0 Å². The zero-order valence-electron chi connectivity index (χ0n) is 11.4. The number of benzene rings is 2. The lowest BCUT2D eigenvalue weighted by Gasteiger charge is -2.14. The van der Waals surface area contributed by atoms with Gasteiger partial charge in [0.25, 0.3) is 0 Å². The molecule has 0 radical (unpaired) electrons. The van der Waals surface area contributed by atoms with Crippen LogP contribution in [0.3, 0.4) is 0 Å². The molecule has 2 aromatic carbocycles. The molecular formula is C16H8BrF3O3. The third-order valence-corrected chi connectivity index (χ3v) is 4.22. The molecule has 0 aromatic heterocycles. The number of alkyl halides is 3. The van der Waals surface area contributed by atoms with Crippen molar-refractivity contribution in [2.24, 2.45) is 0 Å². The molecule has 0 saturated heterocycles. The highest BCUT2D eigenvalue weighted by atomic mass is 79.9. The van der Waals surface area contributed by atoms with Crippen LogP contribution in [0.1, 0.15) is 32.2 Å². The van der Waals surface area contributed by atoms with E-state index in [0.717, 1.165) is 12.1 Å². The van der Waals surface area contributed by atoms with Gasteiger partial charge in [0.15, 0.2) is 11.6 Å². The summed E-state index contributed by atoms with van der Waals surface area (Å²) >= 11 is 3.18. The second-order valence-electron chi connectivity index (χ2n) is 4.94. The Hall–Kier alpha value is -2.15. The van der Waals surface area contributed by atoms with E-state index in [1.54, 1.807) is 12.1 Å². The van der Waals surface area contributed by atoms with Crippen LogP contribution in [0.5, 0.6) is 5.75 Å². The van der Waals surface area contributed by atoms with Crippen LogP contribution in [-0.2, 0) is 0 Å². The Morgan fingerprint density at radius 3 is 2.04 bits per heavy atom. The third-order valence-electron chi connectivity index (χ3n) is 3.49. The first kappa shape index (κ1) is 15.7. The Labute approximate surface area is 137 Å². The van der Waals surface area contributed by atoms with Gasteiger partial charge in [-0.3, -0.25) is 9.59 Å². The maximum atomic E-state index is 12.5. The van der Waals surface area contributed by atoms with Gasteiger partial charge in [0.1, 0.15) is 11.7 Å². The molecule has 7 heteroatoms. The molecule has 0 atom stereocenters. The molecular weight excluding hydrogens is 377 g/mol. The molecule has 3 rings (SSSR count). The number of carbonyl (C=O) groups excluding carboxylic acids is 2. The smallest absolute Gasteiger partial charge is 0.406 e. The van der Waals surface area contributed by atoms with Crippen molar-refractivity contribution in [2.45, 2.75) is 12.3 Å². The largest absolute Gasteiger partial charge is 0.573 e. The second-order valence-corrected chi connectivity index (χ2v) is 5.79. The van der Waals surface area contributed by atoms with E-state index in [1.807, 2.05) is 0 Å². The number of Topliss-reactive ketones (excluding diaryl/α,β-unsaturated/α-hetero) is 2. The van der Waals surface area contributed by atoms with Crippen LogP contribution in [0.15, 0.2) is 46.9 Å². The lowest BCUT2D eigenvalue weighted by molar-refractivity contribution is -0.274. The minimum absolute atomic E-state index is 0.151. The fourth-order valence-corrected chi connectivity index (χ4v) is 3.04. The van der Waals surface area contributed by atoms with E-state index < -0.39 is 29.6 Å². The summed E-state index contributed by atoms with van der Waals surface area (Å²) in [5.74, 6) is -2.52. The minimum Gasteiger partial charge on any atom is -0.406 e. The molecule has 1 aliphatic carbocycles. The average molecular weight is 385 g/mol. The zero-order chi connectivity index (χ0) is 16.8. The molecule has 1 aliphatic rings. The maximum Gasteiger partial charge on any atom is 0.573 e. The van der Waals surface area contributed by atoms with Crippen LogP contribution in [0.4, 0.5) is 13.2 Å². The molecule has 3 nitrogen and oxygen atoms in total. The summed E-state index contributed by atoms with van der Waals surface area (Å²) < 4.78 is 41.3. The van der Waals surface area contributed by atoms with E-state index in [2.05, 4.69) is 20.7 Å². The summed E-state index contributed by atoms with van der Waals surface area (Å²) in [7, 11) is 0. The van der Waals surface area contributed by atoms with E-state index in [0.29, 0.717) is 4.47 Å². The summed E-state index contributed by atoms with van der Waals surface area (Å²) in [5, 5.41) is 0. The number of ether oxygens (including phenoxy) is 1. The molecule has 2 aromatic rings. The van der Waals surface area contributed by atoms with Gasteiger partial charge in [0, 0.05) is 15.6 Å². The van der Waals surface area contributed by atoms with Crippen LogP contribution in [0.2, 0.25) is 0 Å². The van der Waals surface area contributed by atoms with Gasteiger partial charge < -0.3 is 4.74 Å². The lowest BCUT2D eigenvalue weighted by atomic mass is 9.94. The maximum absolute atomic E-state index is 12.5. The van der Waals surface area contributed by atoms with Gasteiger partial charge in [-0.25, -0.2) is 0 Å². The average Bonchev–Trinajstić information content (AvgIpc) is 2.72. The molecule has 118 valence electrons. The van der Waals surface area contributed by atoms with Crippen LogP contribution >= 0.6 is 15.9 Å². The fourth-order valence-electron chi connectivity index (χ4n) is 2.57. The fraction of sp³-hybridized carbons (Fsp3) is 0.125. The molecule has 0 heterocycles. The highest BCUT2D eigenvalue weighted by molar-refractivity contribution is 9.10. The number of rotatable bonds is 2. The van der Waals surface area contributed by atoms with Crippen molar-refractivity contribution in [1.29, 1.82) is 0 Å². The van der Waals surface area contributed by atoms with Gasteiger partial charge in [-0.1, -0.05) is 40.2 Å². The highest BCUT2D eigenvalue weighted by Crippen LogP contribution is 2.39. The molecule has 0 unspecified atom stereocenters. The number of hydrogen-bond acceptors (Lipinski definition) is 3. The number of hydrogen-bond donors (Lipinski definition) is 0. The van der Waals surface area contributed by atoms with Crippen LogP contribution in [0.25, 0.3) is 0 Å². The molecule has 23 heavy (non-hydrogen) atoms. The first-order valence-corrected chi connectivity index (χ1v) is 7.30. The SMILES string of the molecule is O=C1c2ccccc2C(=O)C1c1cc(OC(F)(F)F)ccc1Br. The van der Waals surface area contributed by atoms with E-state index in [-0.39, 0.29) is 16.7 Å². The van der Waals surface area contributed by atoms with Crippen LogP contribution in [0, 0.1) is 0 Å². The van der Waals surface area contributed by atoms with E-state index in [4.69, 9.17) is 0 Å². The van der Waals surface area contributed by atoms with E-state index in [1.165, 1.54) is 18.2 Å². The summed E-state index contributed by atoms with van der Waals surface area (Å²) in [6, 6.07) is 9.80. The van der Waals surface area contributed by atoms with Crippen molar-refractivity contribution < 1.29 is 27.5 Å². The zero-order valence-corrected chi connectivity index (χ0v) is 12.9. The van der Waals surface area contributed by atoms with Gasteiger partial charge in [-0.15, -0.1) is 13.2 Å². The quantitative estimate of drug-likeness (QED) is 0.715. The molecule has 0 amide bonds. The lowest BCUT2D eigenvalue weighted by Crippen LogP contribution is -2.18. The Kier molecular flexibility index (Phi) is 3.75. The molecule has 0 bridgehead atoms. The van der Waals surface area contributed by atoms with Crippen molar-refractivity contribution in [3.8, 4) is 5.75 Å². The predicted molar refractivity (Wildman–Crippen MR) is 78.7 cm³/mol. The Morgan fingerprint density at radius 1 is 0.957 bits per heavy atom. The first-order chi connectivity index (χ1) is 10.8. The summed E-state index contributed by atoms with van der Waals surface area (Å²) in [4.78, 5) is 24.9. The van der Waals surface area contributed by atoms with Crippen LogP contribution in [-0.4, -0.2) is 17.9 Å². The normalized spacial score (nSPS) is 15.0. The number of carbonyl (C=O) groups is 2. The first-order valence-electron chi connectivity index (χ1n) is 6.50. The number of halogens is 4. The number of fused-ring (bicyclic) bond motifs is 1. The third kappa shape index (κ3) is 2.88. The van der Waals surface area contributed by atoms with Gasteiger partial charge >= 0.3 is 6.36 Å². The minimum atomic E-state index is -4.85. The van der Waals surface area contributed by atoms with Gasteiger partial charge in [-0.2, -0.15) is 0 Å². The number of ketones is 2. The molecule has 0 saturated carbocycles. The highest BCUT2D eigenvalue weighted by Gasteiger charge is 2.40. The van der Waals surface area contributed by atoms with Crippen LogP contribution < -0.4 is 4.74 Å². The summed E-state index contributed by atoms with van der Waals surface area (Å²) in [6.45, 7) is 0. The summed E-state index contributed by atoms with van der Waals surface area (Å²) in [6.07, 6.45) is -4.85. The van der Waals surface area contributed by atoms with E-state index in [9.17, 15) is 22.8 Å². The Morgan fingerprint density at radius 2 is 1.52 bits per heavy atom.